The summed E-state index contributed by atoms with van der Waals surface area (Å²) in [7, 11) is 0. The molecule has 1 saturated carbocycles. The van der Waals surface area contributed by atoms with Crippen LogP contribution < -0.4 is 5.73 Å². The van der Waals surface area contributed by atoms with Gasteiger partial charge in [-0.25, -0.2) is 0 Å². The Hall–Kier alpha value is -1.15. The number of aryl methyl sites for hydroxylation is 1. The molecule has 0 aliphatic heterocycles. The molecule has 0 aromatic heterocycles. The maximum absolute atomic E-state index is 12.0. The van der Waals surface area contributed by atoms with Crippen LogP contribution in [0.1, 0.15) is 35.2 Å². The van der Waals surface area contributed by atoms with Gasteiger partial charge in [-0.1, -0.05) is 30.2 Å². The van der Waals surface area contributed by atoms with Crippen molar-refractivity contribution >= 4 is 5.78 Å². The molecule has 2 N–H and O–H groups in total. The molecule has 0 bridgehead atoms. The van der Waals surface area contributed by atoms with Crippen molar-refractivity contribution in [2.45, 2.75) is 32.2 Å². The van der Waals surface area contributed by atoms with Gasteiger partial charge < -0.3 is 5.73 Å². The predicted octanol–water partition coefficient (Wildman–Crippen LogP) is 2.31. The van der Waals surface area contributed by atoms with E-state index in [0.29, 0.717) is 5.92 Å². The lowest BCUT2D eigenvalue weighted by Crippen LogP contribution is -2.41. The highest BCUT2D eigenvalue weighted by Crippen LogP contribution is 2.30. The summed E-state index contributed by atoms with van der Waals surface area (Å²) in [6.45, 7) is 1.99. The van der Waals surface area contributed by atoms with Crippen LogP contribution in [0.4, 0.5) is 0 Å². The number of carbonyl (C=O) groups is 1. The highest BCUT2D eigenvalue weighted by atomic mass is 16.1. The molecule has 1 aromatic rings. The van der Waals surface area contributed by atoms with E-state index in [1.54, 1.807) is 0 Å². The number of carbonyl (C=O) groups excluding carboxylic acids is 1. The average molecular weight is 203 g/mol. The Morgan fingerprint density at radius 1 is 1.47 bits per heavy atom. The lowest BCUT2D eigenvalue weighted by Gasteiger charge is -2.30. The Kier molecular flexibility index (Phi) is 2.87. The van der Waals surface area contributed by atoms with Gasteiger partial charge in [-0.05, 0) is 31.7 Å². The first-order valence-electron chi connectivity index (χ1n) is 5.55. The van der Waals surface area contributed by atoms with Gasteiger partial charge in [0.2, 0.25) is 0 Å². The quantitative estimate of drug-likeness (QED) is 0.766. The molecular formula is C13H17NO. The third-order valence-electron chi connectivity index (χ3n) is 3.26. The molecule has 1 unspecified atom stereocenters. The van der Waals surface area contributed by atoms with Gasteiger partial charge in [0.15, 0.2) is 5.78 Å². The molecule has 1 aliphatic rings. The second kappa shape index (κ2) is 4.15. The average Bonchev–Trinajstić information content (AvgIpc) is 2.14. The van der Waals surface area contributed by atoms with Gasteiger partial charge in [0.25, 0.3) is 0 Å². The molecule has 1 aliphatic carbocycles. The van der Waals surface area contributed by atoms with E-state index >= 15 is 0 Å². The first-order chi connectivity index (χ1) is 7.18. The number of rotatable bonds is 3. The summed E-state index contributed by atoms with van der Waals surface area (Å²) in [5.74, 6) is 0.515. The largest absolute Gasteiger partial charge is 0.321 e. The van der Waals surface area contributed by atoms with Crippen LogP contribution in [0.3, 0.4) is 0 Å². The monoisotopic (exact) mass is 203 g/mol. The highest BCUT2D eigenvalue weighted by molar-refractivity contribution is 6.00. The summed E-state index contributed by atoms with van der Waals surface area (Å²) >= 11 is 0. The molecule has 0 amide bonds. The normalized spacial score (nSPS) is 18.3. The van der Waals surface area contributed by atoms with Crippen LogP contribution in [-0.4, -0.2) is 11.8 Å². The fraction of sp³-hybridized carbons (Fsp3) is 0.462. The van der Waals surface area contributed by atoms with Crippen molar-refractivity contribution in [3.05, 3.63) is 35.4 Å². The van der Waals surface area contributed by atoms with Crippen molar-refractivity contribution in [2.75, 3.05) is 0 Å². The van der Waals surface area contributed by atoms with Gasteiger partial charge in [0.05, 0.1) is 6.04 Å². The first kappa shape index (κ1) is 10.4. The van der Waals surface area contributed by atoms with Crippen molar-refractivity contribution < 1.29 is 4.79 Å². The summed E-state index contributed by atoms with van der Waals surface area (Å²) < 4.78 is 0. The summed E-state index contributed by atoms with van der Waals surface area (Å²) in [6, 6.07) is 7.39. The zero-order valence-electron chi connectivity index (χ0n) is 9.07. The third-order valence-corrected chi connectivity index (χ3v) is 3.26. The van der Waals surface area contributed by atoms with E-state index in [0.717, 1.165) is 24.0 Å². The zero-order valence-corrected chi connectivity index (χ0v) is 9.07. The second-order valence-corrected chi connectivity index (χ2v) is 4.45. The van der Waals surface area contributed by atoms with Crippen LogP contribution in [0.25, 0.3) is 0 Å². The molecule has 0 saturated heterocycles. The molecule has 0 radical (unpaired) electrons. The number of ketones is 1. The number of nitrogens with two attached hydrogens (primary N) is 1. The number of benzene rings is 1. The van der Waals surface area contributed by atoms with E-state index in [1.807, 2.05) is 31.2 Å². The minimum atomic E-state index is -0.291. The van der Waals surface area contributed by atoms with E-state index in [2.05, 4.69) is 0 Å². The number of hydrogen-bond donors (Lipinski definition) is 1. The third kappa shape index (κ3) is 2.10. The van der Waals surface area contributed by atoms with Gasteiger partial charge in [0, 0.05) is 5.56 Å². The van der Waals surface area contributed by atoms with Crippen LogP contribution in [0.15, 0.2) is 24.3 Å². The van der Waals surface area contributed by atoms with Crippen LogP contribution in [0, 0.1) is 12.8 Å². The van der Waals surface area contributed by atoms with E-state index in [9.17, 15) is 4.79 Å². The maximum atomic E-state index is 12.0. The second-order valence-electron chi connectivity index (χ2n) is 4.45. The van der Waals surface area contributed by atoms with Crippen molar-refractivity contribution in [2.24, 2.45) is 11.7 Å². The summed E-state index contributed by atoms with van der Waals surface area (Å²) in [4.78, 5) is 12.0. The fourth-order valence-corrected chi connectivity index (χ4v) is 2.00. The molecule has 2 rings (SSSR count). The van der Waals surface area contributed by atoms with Gasteiger partial charge in [-0.15, -0.1) is 0 Å². The Morgan fingerprint density at radius 2 is 2.20 bits per heavy atom. The molecule has 2 nitrogen and oxygen atoms in total. The Balaban J connectivity index is 2.12. The van der Waals surface area contributed by atoms with E-state index in [1.165, 1.54) is 6.42 Å². The fourth-order valence-electron chi connectivity index (χ4n) is 2.00. The molecule has 15 heavy (non-hydrogen) atoms. The predicted molar refractivity (Wildman–Crippen MR) is 60.8 cm³/mol. The molecule has 2 heteroatoms. The smallest absolute Gasteiger partial charge is 0.179 e. The lowest BCUT2D eigenvalue weighted by atomic mass is 9.77. The summed E-state index contributed by atoms with van der Waals surface area (Å²) in [5, 5.41) is 0. The topological polar surface area (TPSA) is 43.1 Å². The number of Topliss-reactive ketones (excluding diaryl/α,β-unsaturated/α-hetero) is 1. The van der Waals surface area contributed by atoms with Gasteiger partial charge >= 0.3 is 0 Å². The number of hydrogen-bond acceptors (Lipinski definition) is 2. The van der Waals surface area contributed by atoms with E-state index in [-0.39, 0.29) is 11.8 Å². The van der Waals surface area contributed by atoms with Crippen LogP contribution in [-0.2, 0) is 0 Å². The van der Waals surface area contributed by atoms with Gasteiger partial charge in [0.1, 0.15) is 0 Å². The molecule has 1 fully saturated rings. The summed E-state index contributed by atoms with van der Waals surface area (Å²) in [6.07, 6.45) is 3.44. The van der Waals surface area contributed by atoms with Gasteiger partial charge in [-0.2, -0.15) is 0 Å². The summed E-state index contributed by atoms with van der Waals surface area (Å²) in [5.41, 5.74) is 7.83. The van der Waals surface area contributed by atoms with Crippen molar-refractivity contribution in [1.82, 2.24) is 0 Å². The van der Waals surface area contributed by atoms with E-state index in [4.69, 9.17) is 5.73 Å². The van der Waals surface area contributed by atoms with Crippen LogP contribution >= 0.6 is 0 Å². The molecule has 1 atom stereocenters. The Morgan fingerprint density at radius 3 is 2.73 bits per heavy atom. The Bertz CT molecular complexity index is 369. The molecule has 0 spiro atoms. The first-order valence-corrected chi connectivity index (χ1v) is 5.55. The zero-order chi connectivity index (χ0) is 10.8. The van der Waals surface area contributed by atoms with Crippen LogP contribution in [0.2, 0.25) is 0 Å². The van der Waals surface area contributed by atoms with Crippen molar-refractivity contribution in [1.29, 1.82) is 0 Å². The molecule has 0 heterocycles. The SMILES string of the molecule is Cc1cccc(C(=O)C(N)C2CCC2)c1. The standard InChI is InChI=1S/C13H17NO/c1-9-4-2-7-11(8-9)13(15)12(14)10-5-3-6-10/h2,4,7-8,10,12H,3,5-6,14H2,1H3. The lowest BCUT2D eigenvalue weighted by molar-refractivity contribution is 0.0897. The van der Waals surface area contributed by atoms with Gasteiger partial charge in [-0.3, -0.25) is 4.79 Å². The van der Waals surface area contributed by atoms with Crippen LogP contribution in [0.5, 0.6) is 0 Å². The minimum absolute atomic E-state index is 0.100. The maximum Gasteiger partial charge on any atom is 0.179 e. The molecule has 80 valence electrons. The highest BCUT2D eigenvalue weighted by Gasteiger charge is 2.29. The van der Waals surface area contributed by atoms with Crippen molar-refractivity contribution in [3.63, 3.8) is 0 Å². The Labute approximate surface area is 90.5 Å². The molecule has 1 aromatic carbocycles. The minimum Gasteiger partial charge on any atom is -0.321 e. The molecular weight excluding hydrogens is 186 g/mol. The van der Waals surface area contributed by atoms with Crippen molar-refractivity contribution in [3.8, 4) is 0 Å². The van der Waals surface area contributed by atoms with E-state index < -0.39 is 0 Å².